The van der Waals surface area contributed by atoms with Crippen molar-refractivity contribution in [2.45, 2.75) is 13.3 Å². The summed E-state index contributed by atoms with van der Waals surface area (Å²) in [6.07, 6.45) is 0.985. The molecule has 0 unspecified atom stereocenters. The number of nitrogens with two attached hydrogens (primary N) is 1. The van der Waals surface area contributed by atoms with Crippen LogP contribution in [-0.4, -0.2) is 13.7 Å². The molecule has 100 valence electrons. The molecule has 0 fully saturated rings. The topological polar surface area (TPSA) is 47.3 Å². The molecule has 0 saturated heterocycles. The number of nitrogens with one attached hydrogen (secondary N) is 1. The average molecular weight is 256 g/mol. The van der Waals surface area contributed by atoms with Crippen molar-refractivity contribution in [3.8, 4) is 5.75 Å². The van der Waals surface area contributed by atoms with Crippen molar-refractivity contribution in [1.29, 1.82) is 0 Å². The summed E-state index contributed by atoms with van der Waals surface area (Å²) in [7, 11) is 1.64. The first-order chi connectivity index (χ1) is 9.17. The minimum Gasteiger partial charge on any atom is -0.497 e. The predicted molar refractivity (Wildman–Crippen MR) is 80.8 cm³/mol. The fraction of sp³-hybridized carbons (Fsp3) is 0.250. The van der Waals surface area contributed by atoms with E-state index in [4.69, 9.17) is 10.5 Å². The standard InChI is InChI=1S/C16H20N2O/c1-12-4-3-5-13(8-12)6-7-18-15-9-14(17)10-16(11-15)19-2/h3-5,8-11,18H,6-7,17H2,1-2H3. The molecule has 2 aromatic rings. The summed E-state index contributed by atoms with van der Waals surface area (Å²) in [5.41, 5.74) is 10.1. The van der Waals surface area contributed by atoms with E-state index < -0.39 is 0 Å². The van der Waals surface area contributed by atoms with E-state index in [2.05, 4.69) is 36.5 Å². The largest absolute Gasteiger partial charge is 0.497 e. The quantitative estimate of drug-likeness (QED) is 0.807. The molecule has 0 aliphatic heterocycles. The highest BCUT2D eigenvalue weighted by molar-refractivity contribution is 5.59. The lowest BCUT2D eigenvalue weighted by atomic mass is 10.1. The van der Waals surface area contributed by atoms with Gasteiger partial charge in [-0.15, -0.1) is 0 Å². The SMILES string of the molecule is COc1cc(N)cc(NCCc2cccc(C)c2)c1. The molecule has 0 atom stereocenters. The van der Waals surface area contributed by atoms with Crippen LogP contribution in [0.25, 0.3) is 0 Å². The molecule has 0 heterocycles. The first-order valence-corrected chi connectivity index (χ1v) is 6.41. The van der Waals surface area contributed by atoms with Crippen LogP contribution in [-0.2, 0) is 6.42 Å². The molecule has 0 spiro atoms. The maximum absolute atomic E-state index is 5.82. The second-order valence-electron chi connectivity index (χ2n) is 4.66. The van der Waals surface area contributed by atoms with E-state index in [1.165, 1.54) is 11.1 Å². The number of methoxy groups -OCH3 is 1. The van der Waals surface area contributed by atoms with E-state index in [1.54, 1.807) is 7.11 Å². The molecule has 3 nitrogen and oxygen atoms in total. The Morgan fingerprint density at radius 2 is 2.00 bits per heavy atom. The van der Waals surface area contributed by atoms with Crippen molar-refractivity contribution in [3.05, 3.63) is 53.6 Å². The van der Waals surface area contributed by atoms with Crippen molar-refractivity contribution < 1.29 is 4.74 Å². The molecule has 2 aromatic carbocycles. The number of hydrogen-bond donors (Lipinski definition) is 2. The lowest BCUT2D eigenvalue weighted by Crippen LogP contribution is -2.05. The summed E-state index contributed by atoms with van der Waals surface area (Å²) >= 11 is 0. The lowest BCUT2D eigenvalue weighted by molar-refractivity contribution is 0.415. The normalized spacial score (nSPS) is 10.2. The molecular weight excluding hydrogens is 236 g/mol. The zero-order chi connectivity index (χ0) is 13.7. The second-order valence-corrected chi connectivity index (χ2v) is 4.66. The molecule has 0 radical (unpaired) electrons. The van der Waals surface area contributed by atoms with E-state index in [1.807, 2.05) is 18.2 Å². The Hall–Kier alpha value is -2.16. The van der Waals surface area contributed by atoms with E-state index in [0.29, 0.717) is 5.69 Å². The van der Waals surface area contributed by atoms with Gasteiger partial charge in [0, 0.05) is 30.1 Å². The van der Waals surface area contributed by atoms with Crippen molar-refractivity contribution in [2.24, 2.45) is 0 Å². The van der Waals surface area contributed by atoms with Gasteiger partial charge in [0.1, 0.15) is 5.75 Å². The Bertz CT molecular complexity index is 552. The van der Waals surface area contributed by atoms with Gasteiger partial charge in [-0.3, -0.25) is 0 Å². The molecule has 2 rings (SSSR count). The maximum Gasteiger partial charge on any atom is 0.122 e. The van der Waals surface area contributed by atoms with E-state index in [0.717, 1.165) is 24.4 Å². The number of hydrogen-bond acceptors (Lipinski definition) is 3. The van der Waals surface area contributed by atoms with Crippen molar-refractivity contribution in [1.82, 2.24) is 0 Å². The summed E-state index contributed by atoms with van der Waals surface area (Å²) in [6, 6.07) is 14.2. The van der Waals surface area contributed by atoms with E-state index in [9.17, 15) is 0 Å². The minimum absolute atomic E-state index is 0.706. The maximum atomic E-state index is 5.82. The molecule has 0 aliphatic rings. The van der Waals surface area contributed by atoms with E-state index in [-0.39, 0.29) is 0 Å². The van der Waals surface area contributed by atoms with Crippen LogP contribution in [0.3, 0.4) is 0 Å². The van der Waals surface area contributed by atoms with Crippen LogP contribution in [0.15, 0.2) is 42.5 Å². The Kier molecular flexibility index (Phi) is 4.29. The lowest BCUT2D eigenvalue weighted by Gasteiger charge is -2.10. The van der Waals surface area contributed by atoms with Gasteiger partial charge in [-0.1, -0.05) is 29.8 Å². The third kappa shape index (κ3) is 3.91. The van der Waals surface area contributed by atoms with Crippen LogP contribution in [0.1, 0.15) is 11.1 Å². The number of anilines is 2. The van der Waals surface area contributed by atoms with Crippen molar-refractivity contribution in [2.75, 3.05) is 24.7 Å². The third-order valence-electron chi connectivity index (χ3n) is 2.99. The predicted octanol–water partition coefficient (Wildman–Crippen LogP) is 3.24. The fourth-order valence-electron chi connectivity index (χ4n) is 2.06. The highest BCUT2D eigenvalue weighted by Crippen LogP contribution is 2.22. The van der Waals surface area contributed by atoms with Gasteiger partial charge >= 0.3 is 0 Å². The number of aryl methyl sites for hydroxylation is 1. The van der Waals surface area contributed by atoms with Crippen LogP contribution < -0.4 is 15.8 Å². The van der Waals surface area contributed by atoms with Crippen molar-refractivity contribution >= 4 is 11.4 Å². The smallest absolute Gasteiger partial charge is 0.122 e. The molecule has 19 heavy (non-hydrogen) atoms. The van der Waals surface area contributed by atoms with Gasteiger partial charge in [-0.2, -0.15) is 0 Å². The average Bonchev–Trinajstić information content (AvgIpc) is 2.38. The van der Waals surface area contributed by atoms with Gasteiger partial charge in [0.05, 0.1) is 7.11 Å². The van der Waals surface area contributed by atoms with Gasteiger partial charge < -0.3 is 15.8 Å². The highest BCUT2D eigenvalue weighted by atomic mass is 16.5. The summed E-state index contributed by atoms with van der Waals surface area (Å²) in [5.74, 6) is 0.776. The monoisotopic (exact) mass is 256 g/mol. The Balaban J connectivity index is 1.94. The van der Waals surface area contributed by atoms with Gasteiger partial charge in [0.15, 0.2) is 0 Å². The van der Waals surface area contributed by atoms with Gasteiger partial charge in [-0.25, -0.2) is 0 Å². The van der Waals surface area contributed by atoms with Crippen LogP contribution in [0, 0.1) is 6.92 Å². The minimum atomic E-state index is 0.706. The Labute approximate surface area is 114 Å². The molecule has 0 aromatic heterocycles. The summed E-state index contributed by atoms with van der Waals surface area (Å²) in [6.45, 7) is 2.98. The summed E-state index contributed by atoms with van der Waals surface area (Å²) < 4.78 is 5.20. The highest BCUT2D eigenvalue weighted by Gasteiger charge is 1.99. The Morgan fingerprint density at radius 3 is 2.74 bits per heavy atom. The van der Waals surface area contributed by atoms with Crippen LogP contribution in [0.4, 0.5) is 11.4 Å². The number of nitrogen functional groups attached to an aromatic ring is 1. The van der Waals surface area contributed by atoms with Crippen LogP contribution in [0.2, 0.25) is 0 Å². The van der Waals surface area contributed by atoms with Crippen LogP contribution in [0.5, 0.6) is 5.75 Å². The molecule has 0 amide bonds. The van der Waals surface area contributed by atoms with E-state index >= 15 is 0 Å². The number of ether oxygens (including phenoxy) is 1. The van der Waals surface area contributed by atoms with Crippen molar-refractivity contribution in [3.63, 3.8) is 0 Å². The zero-order valence-electron chi connectivity index (χ0n) is 11.4. The molecule has 3 N–H and O–H groups in total. The first kappa shape index (κ1) is 13.3. The fourth-order valence-corrected chi connectivity index (χ4v) is 2.06. The third-order valence-corrected chi connectivity index (χ3v) is 2.99. The number of benzene rings is 2. The Morgan fingerprint density at radius 1 is 1.16 bits per heavy atom. The van der Waals surface area contributed by atoms with Gasteiger partial charge in [-0.05, 0) is 25.0 Å². The zero-order valence-corrected chi connectivity index (χ0v) is 11.4. The summed E-state index contributed by atoms with van der Waals surface area (Å²) in [5, 5.41) is 3.37. The molecule has 3 heteroatoms. The first-order valence-electron chi connectivity index (χ1n) is 6.41. The van der Waals surface area contributed by atoms with Gasteiger partial charge in [0.25, 0.3) is 0 Å². The molecule has 0 bridgehead atoms. The van der Waals surface area contributed by atoms with Gasteiger partial charge in [0.2, 0.25) is 0 Å². The number of rotatable bonds is 5. The molecule has 0 aliphatic carbocycles. The second kappa shape index (κ2) is 6.14. The summed E-state index contributed by atoms with van der Waals surface area (Å²) in [4.78, 5) is 0. The van der Waals surface area contributed by atoms with Crippen LogP contribution >= 0.6 is 0 Å². The molecular formula is C16H20N2O. The molecule has 0 saturated carbocycles.